The van der Waals surface area contributed by atoms with Gasteiger partial charge in [-0.3, -0.25) is 9.78 Å². The fraction of sp³-hybridized carbons (Fsp3) is 0.143. The summed E-state index contributed by atoms with van der Waals surface area (Å²) in [6, 6.07) is 18.6. The van der Waals surface area contributed by atoms with Gasteiger partial charge in [0.1, 0.15) is 0 Å². The van der Waals surface area contributed by atoms with E-state index in [0.29, 0.717) is 6.42 Å². The number of ketones is 1. The van der Waals surface area contributed by atoms with Crippen LogP contribution >= 0.6 is 0 Å². The van der Waals surface area contributed by atoms with Crippen molar-refractivity contribution in [2.75, 3.05) is 5.32 Å². The average molecular weight is 312 g/mol. The SMILES string of the molecule is O=C1CCC2=C1C(c1ccccn1)c1c(ccc3ccccc13)N2. The van der Waals surface area contributed by atoms with Crippen molar-refractivity contribution >= 4 is 22.2 Å². The lowest BCUT2D eigenvalue weighted by molar-refractivity contribution is -0.115. The topological polar surface area (TPSA) is 42.0 Å². The number of rotatable bonds is 1. The molecule has 1 aliphatic carbocycles. The molecule has 1 aromatic heterocycles. The van der Waals surface area contributed by atoms with Gasteiger partial charge in [-0.05, 0) is 41.0 Å². The molecule has 0 radical (unpaired) electrons. The van der Waals surface area contributed by atoms with Crippen molar-refractivity contribution in [1.29, 1.82) is 0 Å². The van der Waals surface area contributed by atoms with E-state index in [9.17, 15) is 4.79 Å². The van der Waals surface area contributed by atoms with Gasteiger partial charge in [0.2, 0.25) is 0 Å². The van der Waals surface area contributed by atoms with Crippen LogP contribution in [-0.2, 0) is 4.79 Å². The number of carbonyl (C=O) groups excluding carboxylic acids is 1. The summed E-state index contributed by atoms with van der Waals surface area (Å²) < 4.78 is 0. The maximum Gasteiger partial charge on any atom is 0.162 e. The van der Waals surface area contributed by atoms with Crippen LogP contribution in [0.4, 0.5) is 5.69 Å². The number of benzene rings is 2. The van der Waals surface area contributed by atoms with Crippen LogP contribution in [0.15, 0.2) is 72.1 Å². The third-order valence-electron chi connectivity index (χ3n) is 5.04. The van der Waals surface area contributed by atoms with E-state index < -0.39 is 0 Å². The number of carbonyl (C=O) groups is 1. The van der Waals surface area contributed by atoms with Gasteiger partial charge in [0, 0.05) is 29.6 Å². The molecular weight excluding hydrogens is 296 g/mol. The van der Waals surface area contributed by atoms with E-state index in [4.69, 9.17) is 0 Å². The van der Waals surface area contributed by atoms with E-state index in [-0.39, 0.29) is 11.7 Å². The molecule has 0 saturated heterocycles. The third-order valence-corrected chi connectivity index (χ3v) is 5.04. The lowest BCUT2D eigenvalue weighted by atomic mass is 9.80. The molecule has 3 aromatic rings. The zero-order valence-electron chi connectivity index (χ0n) is 13.1. The van der Waals surface area contributed by atoms with Crippen molar-refractivity contribution in [3.63, 3.8) is 0 Å². The number of Topliss-reactive ketones (excluding diaryl/α,β-unsaturated/α-hetero) is 1. The quantitative estimate of drug-likeness (QED) is 0.723. The number of aromatic nitrogens is 1. The average Bonchev–Trinajstić information content (AvgIpc) is 3.01. The van der Waals surface area contributed by atoms with Crippen LogP contribution in [0.1, 0.15) is 30.0 Å². The molecule has 2 aromatic carbocycles. The van der Waals surface area contributed by atoms with Crippen molar-refractivity contribution < 1.29 is 4.79 Å². The first-order chi connectivity index (χ1) is 11.8. The van der Waals surface area contributed by atoms with Gasteiger partial charge < -0.3 is 5.32 Å². The van der Waals surface area contributed by atoms with Gasteiger partial charge in [-0.15, -0.1) is 0 Å². The summed E-state index contributed by atoms with van der Waals surface area (Å²) in [7, 11) is 0. The van der Waals surface area contributed by atoms with E-state index in [1.54, 1.807) is 0 Å². The molecule has 2 aliphatic rings. The number of nitrogens with one attached hydrogen (secondary N) is 1. The predicted molar refractivity (Wildman–Crippen MR) is 94.9 cm³/mol. The lowest BCUT2D eigenvalue weighted by Crippen LogP contribution is -2.20. The van der Waals surface area contributed by atoms with Gasteiger partial charge in [-0.25, -0.2) is 0 Å². The number of pyridine rings is 1. The molecule has 0 spiro atoms. The van der Waals surface area contributed by atoms with Gasteiger partial charge in [0.15, 0.2) is 5.78 Å². The van der Waals surface area contributed by atoms with E-state index in [1.165, 1.54) is 16.3 Å². The summed E-state index contributed by atoms with van der Waals surface area (Å²) in [6.45, 7) is 0. The van der Waals surface area contributed by atoms with Crippen LogP contribution in [0.2, 0.25) is 0 Å². The monoisotopic (exact) mass is 312 g/mol. The second-order valence-corrected chi connectivity index (χ2v) is 6.38. The summed E-state index contributed by atoms with van der Waals surface area (Å²) in [4.78, 5) is 17.2. The first-order valence-corrected chi connectivity index (χ1v) is 8.29. The van der Waals surface area contributed by atoms with Crippen molar-refractivity contribution in [2.45, 2.75) is 18.8 Å². The summed E-state index contributed by atoms with van der Waals surface area (Å²) >= 11 is 0. The molecule has 5 rings (SSSR count). The van der Waals surface area contributed by atoms with Crippen LogP contribution in [0, 0.1) is 0 Å². The molecule has 0 amide bonds. The smallest absolute Gasteiger partial charge is 0.162 e. The second-order valence-electron chi connectivity index (χ2n) is 6.38. The molecule has 0 saturated carbocycles. The molecule has 3 nitrogen and oxygen atoms in total. The molecule has 0 fully saturated rings. The molecule has 24 heavy (non-hydrogen) atoms. The minimum absolute atomic E-state index is 0.0847. The Morgan fingerprint density at radius 2 is 1.83 bits per heavy atom. The van der Waals surface area contributed by atoms with E-state index in [0.717, 1.165) is 29.1 Å². The van der Waals surface area contributed by atoms with Gasteiger partial charge in [-0.2, -0.15) is 0 Å². The Bertz CT molecular complexity index is 1000. The first-order valence-electron chi connectivity index (χ1n) is 8.29. The van der Waals surface area contributed by atoms with Crippen LogP contribution in [0.5, 0.6) is 0 Å². The normalized spacial score (nSPS) is 19.2. The van der Waals surface area contributed by atoms with E-state index in [1.807, 2.05) is 30.5 Å². The highest BCUT2D eigenvalue weighted by molar-refractivity contribution is 6.05. The molecule has 116 valence electrons. The number of allylic oxidation sites excluding steroid dienone is 2. The number of hydrogen-bond acceptors (Lipinski definition) is 3. The second kappa shape index (κ2) is 5.03. The Morgan fingerprint density at radius 1 is 0.958 bits per heavy atom. The number of fused-ring (bicyclic) bond motifs is 3. The molecular formula is C21H16N2O. The zero-order chi connectivity index (χ0) is 16.1. The molecule has 1 atom stereocenters. The highest BCUT2D eigenvalue weighted by Crippen LogP contribution is 2.47. The largest absolute Gasteiger partial charge is 0.358 e. The Hall–Kier alpha value is -2.94. The Kier molecular flexibility index (Phi) is 2.83. The van der Waals surface area contributed by atoms with Gasteiger partial charge in [0.05, 0.1) is 11.6 Å². The maximum absolute atomic E-state index is 12.6. The highest BCUT2D eigenvalue weighted by atomic mass is 16.1. The summed E-state index contributed by atoms with van der Waals surface area (Å²) in [6.07, 6.45) is 3.19. The first kappa shape index (κ1) is 13.5. The van der Waals surface area contributed by atoms with Crippen molar-refractivity contribution in [1.82, 2.24) is 4.98 Å². The molecule has 1 unspecified atom stereocenters. The van der Waals surface area contributed by atoms with Crippen molar-refractivity contribution in [3.8, 4) is 0 Å². The fourth-order valence-electron chi connectivity index (χ4n) is 4.01. The van der Waals surface area contributed by atoms with Crippen molar-refractivity contribution in [3.05, 3.63) is 83.3 Å². The summed E-state index contributed by atoms with van der Waals surface area (Å²) in [5, 5.41) is 5.89. The third kappa shape index (κ3) is 1.84. The lowest BCUT2D eigenvalue weighted by Gasteiger charge is -2.29. The summed E-state index contributed by atoms with van der Waals surface area (Å²) in [5.41, 5.74) is 5.17. The minimum atomic E-state index is -0.0847. The molecule has 2 heterocycles. The van der Waals surface area contributed by atoms with Crippen LogP contribution < -0.4 is 5.32 Å². The van der Waals surface area contributed by atoms with E-state index in [2.05, 4.69) is 40.6 Å². The van der Waals surface area contributed by atoms with Crippen molar-refractivity contribution in [2.24, 2.45) is 0 Å². The predicted octanol–water partition coefficient (Wildman–Crippen LogP) is 4.41. The Labute approximate surface area is 140 Å². The number of anilines is 1. The van der Waals surface area contributed by atoms with Crippen LogP contribution in [-0.4, -0.2) is 10.8 Å². The number of nitrogens with zero attached hydrogens (tertiary/aromatic N) is 1. The van der Waals surface area contributed by atoms with Gasteiger partial charge in [0.25, 0.3) is 0 Å². The Balaban J connectivity index is 1.85. The van der Waals surface area contributed by atoms with E-state index >= 15 is 0 Å². The Morgan fingerprint density at radius 3 is 2.71 bits per heavy atom. The fourth-order valence-corrected chi connectivity index (χ4v) is 4.01. The van der Waals surface area contributed by atoms with Gasteiger partial charge >= 0.3 is 0 Å². The highest BCUT2D eigenvalue weighted by Gasteiger charge is 2.38. The minimum Gasteiger partial charge on any atom is -0.358 e. The summed E-state index contributed by atoms with van der Waals surface area (Å²) in [5.74, 6) is 0.158. The zero-order valence-corrected chi connectivity index (χ0v) is 13.1. The standard InChI is InChI=1S/C21H16N2O/c24-18-11-10-17-20(18)21(15-7-3-4-12-22-15)19-14-6-2-1-5-13(14)8-9-16(19)23-17/h1-9,12,21,23H,10-11H2. The van der Waals surface area contributed by atoms with Crippen LogP contribution in [0.3, 0.4) is 0 Å². The molecule has 1 N–H and O–H groups in total. The van der Waals surface area contributed by atoms with Crippen LogP contribution in [0.25, 0.3) is 10.8 Å². The molecule has 0 bridgehead atoms. The van der Waals surface area contributed by atoms with Gasteiger partial charge in [-0.1, -0.05) is 36.4 Å². The number of hydrogen-bond donors (Lipinski definition) is 1. The molecule has 3 heteroatoms. The molecule has 1 aliphatic heterocycles. The maximum atomic E-state index is 12.6.